The van der Waals surface area contributed by atoms with E-state index < -0.39 is 0 Å². The highest BCUT2D eigenvalue weighted by molar-refractivity contribution is 5.80. The van der Waals surface area contributed by atoms with E-state index >= 15 is 0 Å². The molecule has 0 aliphatic heterocycles. The fourth-order valence-corrected chi connectivity index (χ4v) is 2.44. The van der Waals surface area contributed by atoms with Crippen LogP contribution in [0.2, 0.25) is 0 Å². The molecule has 0 amide bonds. The molecule has 0 spiro atoms. The third kappa shape index (κ3) is 2.24. The third-order valence-electron chi connectivity index (χ3n) is 3.44. The van der Waals surface area contributed by atoms with Gasteiger partial charge in [0.25, 0.3) is 0 Å². The number of benzene rings is 2. The Balaban J connectivity index is 2.24. The molecule has 2 aromatic carbocycles. The number of fused-ring (bicyclic) bond motifs is 1. The summed E-state index contributed by atoms with van der Waals surface area (Å²) in [6, 6.07) is 11.1. The minimum atomic E-state index is -0.181. The van der Waals surface area contributed by atoms with E-state index in [9.17, 15) is 15.0 Å². The zero-order valence-corrected chi connectivity index (χ0v) is 12.0. The van der Waals surface area contributed by atoms with E-state index in [2.05, 4.69) is 6.58 Å². The number of phenolic OH excluding ortho intramolecular Hbond substituents is 2. The van der Waals surface area contributed by atoms with E-state index in [1.807, 2.05) is 0 Å². The molecule has 2 N–H and O–H groups in total. The second-order valence-electron chi connectivity index (χ2n) is 5.14. The number of aromatic hydroxyl groups is 2. The number of rotatable bonds is 2. The third-order valence-corrected chi connectivity index (χ3v) is 3.44. The number of hydrogen-bond donors (Lipinski definition) is 2. The topological polar surface area (TPSA) is 70.7 Å². The van der Waals surface area contributed by atoms with Gasteiger partial charge in [-0.15, -0.1) is 0 Å². The Bertz CT molecular complexity index is 928. The van der Waals surface area contributed by atoms with Crippen LogP contribution in [0.4, 0.5) is 0 Å². The summed E-state index contributed by atoms with van der Waals surface area (Å²) in [4.78, 5) is 12.1. The minimum Gasteiger partial charge on any atom is -0.507 e. The summed E-state index contributed by atoms with van der Waals surface area (Å²) < 4.78 is 5.69. The van der Waals surface area contributed by atoms with Crippen molar-refractivity contribution in [2.75, 3.05) is 0 Å². The highest BCUT2D eigenvalue weighted by Crippen LogP contribution is 2.37. The molecule has 0 atom stereocenters. The quantitative estimate of drug-likeness (QED) is 0.752. The predicted molar refractivity (Wildman–Crippen MR) is 86.0 cm³/mol. The van der Waals surface area contributed by atoms with Gasteiger partial charge in [-0.05, 0) is 36.8 Å². The smallest absolute Gasteiger partial charge is 0.193 e. The van der Waals surface area contributed by atoms with Gasteiger partial charge in [-0.3, -0.25) is 4.79 Å². The van der Waals surface area contributed by atoms with E-state index in [-0.39, 0.29) is 28.3 Å². The van der Waals surface area contributed by atoms with Crippen LogP contribution < -0.4 is 5.43 Å². The van der Waals surface area contributed by atoms with Crippen molar-refractivity contribution in [2.24, 2.45) is 0 Å². The van der Waals surface area contributed by atoms with Crippen LogP contribution >= 0.6 is 0 Å². The molecule has 0 radical (unpaired) electrons. The molecule has 1 heterocycles. The van der Waals surface area contributed by atoms with Crippen LogP contribution in [0.3, 0.4) is 0 Å². The fraction of sp³-hybridized carbons (Fsp3) is 0.0556. The molecule has 0 aliphatic carbocycles. The van der Waals surface area contributed by atoms with Crippen molar-refractivity contribution in [3.8, 4) is 22.8 Å². The summed E-state index contributed by atoms with van der Waals surface area (Å²) >= 11 is 0. The number of para-hydroxylation sites is 1. The van der Waals surface area contributed by atoms with E-state index in [4.69, 9.17) is 4.42 Å². The van der Waals surface area contributed by atoms with Crippen LogP contribution in [0.15, 0.2) is 58.3 Å². The van der Waals surface area contributed by atoms with Gasteiger partial charge in [0.1, 0.15) is 22.8 Å². The fourth-order valence-electron chi connectivity index (χ4n) is 2.44. The lowest BCUT2D eigenvalue weighted by atomic mass is 10.0. The Kier molecular flexibility index (Phi) is 3.22. The van der Waals surface area contributed by atoms with Crippen LogP contribution in [-0.2, 0) is 0 Å². The Labute approximate surface area is 126 Å². The molecule has 4 nitrogen and oxygen atoms in total. The molecule has 1 aromatic heterocycles. The van der Waals surface area contributed by atoms with Crippen molar-refractivity contribution in [2.45, 2.75) is 6.92 Å². The first-order chi connectivity index (χ1) is 10.5. The molecule has 0 aliphatic rings. The molecule has 22 heavy (non-hydrogen) atoms. The summed E-state index contributed by atoms with van der Waals surface area (Å²) in [5.74, 6) is 0.0548. The standard InChI is InChI=1S/C18H14O4/c1-10(2)18-14(20)7-11(8-15(18)21)17-9-13(19)12-5-3-4-6-16(12)22-17/h3-9,20-21H,1H2,2H3. The lowest BCUT2D eigenvalue weighted by Gasteiger charge is -2.10. The molecule has 110 valence electrons. The van der Waals surface area contributed by atoms with Gasteiger partial charge in [-0.2, -0.15) is 0 Å². The van der Waals surface area contributed by atoms with Crippen LogP contribution in [0.5, 0.6) is 11.5 Å². The van der Waals surface area contributed by atoms with Crippen molar-refractivity contribution in [1.29, 1.82) is 0 Å². The van der Waals surface area contributed by atoms with E-state index in [0.29, 0.717) is 22.1 Å². The molecule has 0 fully saturated rings. The first-order valence-corrected chi connectivity index (χ1v) is 6.72. The zero-order chi connectivity index (χ0) is 15.9. The second-order valence-corrected chi connectivity index (χ2v) is 5.14. The summed E-state index contributed by atoms with van der Waals surface area (Å²) in [5.41, 5.74) is 1.52. The average molecular weight is 294 g/mol. The van der Waals surface area contributed by atoms with Gasteiger partial charge in [-0.1, -0.05) is 18.7 Å². The molecular formula is C18H14O4. The van der Waals surface area contributed by atoms with Gasteiger partial charge in [0.05, 0.1) is 10.9 Å². The molecule has 0 unspecified atom stereocenters. The van der Waals surface area contributed by atoms with Gasteiger partial charge in [0, 0.05) is 11.6 Å². The Morgan fingerprint density at radius 3 is 2.36 bits per heavy atom. The predicted octanol–water partition coefficient (Wildman–Crippen LogP) is 3.90. The molecule has 0 saturated carbocycles. The van der Waals surface area contributed by atoms with Gasteiger partial charge in [0.2, 0.25) is 0 Å². The van der Waals surface area contributed by atoms with Crippen molar-refractivity contribution >= 4 is 16.5 Å². The van der Waals surface area contributed by atoms with Gasteiger partial charge >= 0.3 is 0 Å². The van der Waals surface area contributed by atoms with Crippen LogP contribution in [-0.4, -0.2) is 10.2 Å². The largest absolute Gasteiger partial charge is 0.507 e. The minimum absolute atomic E-state index is 0.113. The average Bonchev–Trinajstić information content (AvgIpc) is 2.46. The normalized spacial score (nSPS) is 10.8. The molecule has 3 rings (SSSR count). The lowest BCUT2D eigenvalue weighted by Crippen LogP contribution is -2.00. The maximum atomic E-state index is 12.1. The van der Waals surface area contributed by atoms with Gasteiger partial charge in [0.15, 0.2) is 5.43 Å². The lowest BCUT2D eigenvalue weighted by molar-refractivity contribution is 0.447. The van der Waals surface area contributed by atoms with E-state index in [0.717, 1.165) is 0 Å². The van der Waals surface area contributed by atoms with Gasteiger partial charge < -0.3 is 14.6 Å². The molecule has 3 aromatic rings. The monoisotopic (exact) mass is 294 g/mol. The molecule has 4 heteroatoms. The number of allylic oxidation sites excluding steroid dienone is 1. The van der Waals surface area contributed by atoms with E-state index in [1.54, 1.807) is 31.2 Å². The second kappa shape index (κ2) is 5.07. The molecular weight excluding hydrogens is 280 g/mol. The van der Waals surface area contributed by atoms with Crippen LogP contribution in [0.25, 0.3) is 27.9 Å². The number of phenols is 2. The maximum absolute atomic E-state index is 12.1. The summed E-state index contributed by atoms with van der Waals surface area (Å²) in [5, 5.41) is 20.6. The summed E-state index contributed by atoms with van der Waals surface area (Å²) in [6.07, 6.45) is 0. The zero-order valence-electron chi connectivity index (χ0n) is 12.0. The van der Waals surface area contributed by atoms with Crippen molar-refractivity contribution in [3.63, 3.8) is 0 Å². The maximum Gasteiger partial charge on any atom is 0.193 e. The first kappa shape index (κ1) is 13.9. The Morgan fingerprint density at radius 1 is 1.09 bits per heavy atom. The SMILES string of the molecule is C=C(C)c1c(O)cc(-c2cc(=O)c3ccccc3o2)cc1O. The van der Waals surface area contributed by atoms with Crippen molar-refractivity contribution < 1.29 is 14.6 Å². The Morgan fingerprint density at radius 2 is 1.73 bits per heavy atom. The molecule has 0 bridgehead atoms. The van der Waals surface area contributed by atoms with Gasteiger partial charge in [-0.25, -0.2) is 0 Å². The highest BCUT2D eigenvalue weighted by Gasteiger charge is 2.14. The highest BCUT2D eigenvalue weighted by atomic mass is 16.3. The van der Waals surface area contributed by atoms with Crippen LogP contribution in [0, 0.1) is 0 Å². The van der Waals surface area contributed by atoms with Crippen molar-refractivity contribution in [3.05, 3.63) is 64.8 Å². The first-order valence-electron chi connectivity index (χ1n) is 6.72. The van der Waals surface area contributed by atoms with Crippen molar-refractivity contribution in [1.82, 2.24) is 0 Å². The Hall–Kier alpha value is -3.01. The summed E-state index contributed by atoms with van der Waals surface area (Å²) in [7, 11) is 0. The summed E-state index contributed by atoms with van der Waals surface area (Å²) in [6.45, 7) is 5.40. The van der Waals surface area contributed by atoms with E-state index in [1.165, 1.54) is 18.2 Å². The molecule has 0 saturated heterocycles. The number of hydrogen-bond acceptors (Lipinski definition) is 4. The van der Waals surface area contributed by atoms with Crippen LogP contribution in [0.1, 0.15) is 12.5 Å².